The molecule has 3 atom stereocenters. The van der Waals surface area contributed by atoms with Crippen LogP contribution in [-0.2, 0) is 12.0 Å². The molecule has 3 unspecified atom stereocenters. The Hall–Kier alpha value is -1.38. The molecule has 1 aromatic heterocycles. The number of hydrogen-bond acceptors (Lipinski definition) is 2. The van der Waals surface area contributed by atoms with Crippen LogP contribution in [0.3, 0.4) is 0 Å². The van der Waals surface area contributed by atoms with Gasteiger partial charge in [0.25, 0.3) is 0 Å². The lowest BCUT2D eigenvalue weighted by atomic mass is 9.76. The van der Waals surface area contributed by atoms with E-state index in [1.807, 2.05) is 0 Å². The second kappa shape index (κ2) is 8.88. The number of allylic oxidation sites excluding steroid dienone is 2. The fourth-order valence-corrected chi connectivity index (χ4v) is 7.47. The summed E-state index contributed by atoms with van der Waals surface area (Å²) in [6.45, 7) is 3.33. The zero-order valence-electron chi connectivity index (χ0n) is 18.9. The maximum atomic E-state index is 11.5. The molecule has 0 bridgehead atoms. The predicted molar refractivity (Wildman–Crippen MR) is 160 cm³/mol. The highest BCUT2D eigenvalue weighted by Gasteiger charge is 2.47. The summed E-state index contributed by atoms with van der Waals surface area (Å²) in [5, 5.41) is 13.8. The van der Waals surface area contributed by atoms with E-state index in [0.717, 1.165) is 28.9 Å². The molecule has 3 aromatic carbocycles. The Labute approximate surface area is 238 Å². The lowest BCUT2D eigenvalue weighted by molar-refractivity contribution is 0.160. The van der Waals surface area contributed by atoms with E-state index < -0.39 is 6.10 Å². The first kappa shape index (κ1) is 24.0. The molecule has 0 saturated heterocycles. The van der Waals surface area contributed by atoms with Crippen molar-refractivity contribution in [1.29, 1.82) is 0 Å². The Morgan fingerprint density at radius 2 is 1.46 bits per heavy atom. The predicted octanol–water partition coefficient (Wildman–Crippen LogP) is 8.44. The van der Waals surface area contributed by atoms with Gasteiger partial charge in [0.15, 0.2) is 0 Å². The van der Waals surface area contributed by atoms with Gasteiger partial charge in [0.05, 0.1) is 18.7 Å². The number of nitrogens with zero attached hydrogens (tertiary/aromatic N) is 2. The minimum atomic E-state index is -0.553. The third kappa shape index (κ3) is 3.98. The molecule has 2 heterocycles. The van der Waals surface area contributed by atoms with Crippen LogP contribution in [0.4, 0.5) is 5.69 Å². The lowest BCUT2D eigenvalue weighted by Crippen LogP contribution is -2.45. The molecule has 1 N–H and O–H groups in total. The van der Waals surface area contributed by atoms with Crippen LogP contribution in [0, 0.1) is 0 Å². The fourth-order valence-electron chi connectivity index (χ4n) is 5.76. The van der Waals surface area contributed by atoms with Gasteiger partial charge in [0, 0.05) is 57.4 Å². The first-order chi connectivity index (χ1) is 16.7. The lowest BCUT2D eigenvalue weighted by Gasteiger charge is -2.36. The Bertz CT molecular complexity index is 1500. The van der Waals surface area contributed by atoms with Crippen LogP contribution in [0.15, 0.2) is 90.7 Å². The van der Waals surface area contributed by atoms with Crippen molar-refractivity contribution in [3.8, 4) is 0 Å². The van der Waals surface area contributed by atoms with E-state index in [1.165, 1.54) is 22.0 Å². The molecule has 2 aliphatic rings. The zero-order chi connectivity index (χ0) is 24.5. The molecule has 0 saturated carbocycles. The molecule has 35 heavy (non-hydrogen) atoms. The Kier molecular flexibility index (Phi) is 6.08. The SMILES string of the molecule is CC12C=C(Br)C=CC1N(CC(O)Cn1c3ccc(Br)cc3c3cc(Br)ccc31)c1ccc(Br)cc12. The van der Waals surface area contributed by atoms with Gasteiger partial charge in [-0.15, -0.1) is 0 Å². The van der Waals surface area contributed by atoms with Gasteiger partial charge in [-0.1, -0.05) is 81.9 Å². The number of aliphatic hydroxyl groups is 1. The Morgan fingerprint density at radius 1 is 0.857 bits per heavy atom. The second-order valence-corrected chi connectivity index (χ2v) is 13.2. The molecule has 0 spiro atoms. The second-order valence-electron chi connectivity index (χ2n) is 9.52. The molecular formula is C28H22Br4N2O. The molecule has 1 aliphatic carbocycles. The van der Waals surface area contributed by atoms with Gasteiger partial charge >= 0.3 is 0 Å². The highest BCUT2D eigenvalue weighted by atomic mass is 79.9. The van der Waals surface area contributed by atoms with Crippen LogP contribution in [0.5, 0.6) is 0 Å². The number of rotatable bonds is 4. The first-order valence-corrected chi connectivity index (χ1v) is 14.6. The number of β-amino-alcohol motifs (C(OH)–C–C–N with tert-alkyl or cyclic N) is 1. The van der Waals surface area contributed by atoms with Gasteiger partial charge in [-0.2, -0.15) is 0 Å². The largest absolute Gasteiger partial charge is 0.389 e. The molecule has 0 radical (unpaired) electrons. The highest BCUT2D eigenvalue weighted by molar-refractivity contribution is 9.12. The number of aromatic nitrogens is 1. The normalized spacial score (nSPS) is 21.9. The van der Waals surface area contributed by atoms with Crippen LogP contribution in [0.1, 0.15) is 12.5 Å². The monoisotopic (exact) mass is 718 g/mol. The van der Waals surface area contributed by atoms with Gasteiger partial charge in [0.2, 0.25) is 0 Å². The molecule has 0 amide bonds. The van der Waals surface area contributed by atoms with Gasteiger partial charge in [0.1, 0.15) is 0 Å². The number of aliphatic hydroxyl groups excluding tert-OH is 1. The van der Waals surface area contributed by atoms with Crippen LogP contribution in [-0.4, -0.2) is 28.4 Å². The third-order valence-corrected chi connectivity index (χ3v) is 9.24. The van der Waals surface area contributed by atoms with Gasteiger partial charge < -0.3 is 14.6 Å². The summed E-state index contributed by atoms with van der Waals surface area (Å²) in [5.41, 5.74) is 4.54. The zero-order valence-corrected chi connectivity index (χ0v) is 25.2. The number of benzene rings is 3. The van der Waals surface area contributed by atoms with Crippen LogP contribution in [0.2, 0.25) is 0 Å². The van der Waals surface area contributed by atoms with E-state index in [9.17, 15) is 5.11 Å². The van der Waals surface area contributed by atoms with Crippen molar-refractivity contribution in [3.63, 3.8) is 0 Å². The highest BCUT2D eigenvalue weighted by Crippen LogP contribution is 2.50. The first-order valence-electron chi connectivity index (χ1n) is 11.4. The number of fused-ring (bicyclic) bond motifs is 6. The van der Waals surface area contributed by atoms with Crippen LogP contribution >= 0.6 is 63.7 Å². The molecule has 7 heteroatoms. The minimum Gasteiger partial charge on any atom is -0.389 e. The van der Waals surface area contributed by atoms with Crippen LogP contribution < -0.4 is 4.90 Å². The molecule has 4 aromatic rings. The molecular weight excluding hydrogens is 700 g/mol. The van der Waals surface area contributed by atoms with Gasteiger partial charge in [-0.05, 0) is 67.1 Å². The minimum absolute atomic E-state index is 0.146. The van der Waals surface area contributed by atoms with Crippen molar-refractivity contribution in [2.45, 2.75) is 31.0 Å². The van der Waals surface area contributed by atoms with E-state index in [2.05, 4.69) is 153 Å². The summed E-state index contributed by atoms with van der Waals surface area (Å²) in [4.78, 5) is 2.36. The maximum absolute atomic E-state index is 11.5. The van der Waals surface area contributed by atoms with E-state index in [0.29, 0.717) is 13.1 Å². The molecule has 178 valence electrons. The fraction of sp³-hybridized carbons (Fsp3) is 0.214. The van der Waals surface area contributed by atoms with Gasteiger partial charge in [-0.25, -0.2) is 0 Å². The quantitative estimate of drug-likeness (QED) is 0.229. The molecule has 3 nitrogen and oxygen atoms in total. The van der Waals surface area contributed by atoms with Crippen molar-refractivity contribution in [2.24, 2.45) is 0 Å². The summed E-state index contributed by atoms with van der Waals surface area (Å²) >= 11 is 14.6. The summed E-state index contributed by atoms with van der Waals surface area (Å²) in [6, 6.07) is 19.3. The van der Waals surface area contributed by atoms with Crippen molar-refractivity contribution in [3.05, 3.63) is 96.3 Å². The Morgan fingerprint density at radius 3 is 2.11 bits per heavy atom. The van der Waals surface area contributed by atoms with Crippen molar-refractivity contribution < 1.29 is 5.11 Å². The number of hydrogen-bond donors (Lipinski definition) is 1. The summed E-state index contributed by atoms with van der Waals surface area (Å²) in [7, 11) is 0. The maximum Gasteiger partial charge on any atom is 0.0894 e. The molecule has 0 fully saturated rings. The van der Waals surface area contributed by atoms with Crippen molar-refractivity contribution in [1.82, 2.24) is 4.57 Å². The third-order valence-electron chi connectivity index (χ3n) is 7.26. The van der Waals surface area contributed by atoms with E-state index in [1.54, 1.807) is 0 Å². The average Bonchev–Trinajstić information content (AvgIpc) is 3.22. The van der Waals surface area contributed by atoms with Crippen molar-refractivity contribution in [2.75, 3.05) is 11.4 Å². The smallest absolute Gasteiger partial charge is 0.0894 e. The van der Waals surface area contributed by atoms with Gasteiger partial charge in [-0.3, -0.25) is 0 Å². The number of anilines is 1. The standard InChI is InChI=1S/C28H22Br4N2O/c1-28-13-19(32)5-9-27(28)34(26-8-4-18(31)12-23(26)28)15-20(35)14-33-24-6-2-16(29)10-21(24)22-11-17(30)3-7-25(22)33/h2-13,20,27,35H,14-15H2,1H3. The molecule has 1 aliphatic heterocycles. The van der Waals surface area contributed by atoms with E-state index in [-0.39, 0.29) is 11.5 Å². The number of halogens is 4. The summed E-state index contributed by atoms with van der Waals surface area (Å²) in [5.74, 6) is 0. The van der Waals surface area contributed by atoms with E-state index >= 15 is 0 Å². The van der Waals surface area contributed by atoms with E-state index in [4.69, 9.17) is 0 Å². The summed E-state index contributed by atoms with van der Waals surface area (Å²) in [6.07, 6.45) is 6.11. The average molecular weight is 722 g/mol. The Balaban J connectivity index is 1.38. The summed E-state index contributed by atoms with van der Waals surface area (Å²) < 4.78 is 6.51. The topological polar surface area (TPSA) is 28.4 Å². The molecule has 6 rings (SSSR count). The van der Waals surface area contributed by atoms with Crippen molar-refractivity contribution >= 4 is 91.2 Å². The van der Waals surface area contributed by atoms with Crippen LogP contribution in [0.25, 0.3) is 21.8 Å².